The van der Waals surface area contributed by atoms with E-state index in [1.54, 1.807) is 13.8 Å². The van der Waals surface area contributed by atoms with Gasteiger partial charge in [0, 0.05) is 5.56 Å². The summed E-state index contributed by atoms with van der Waals surface area (Å²) in [5.74, 6) is -0.661. The molecule has 1 aromatic carbocycles. The molecule has 0 spiro atoms. The minimum atomic E-state index is -1.45. The van der Waals surface area contributed by atoms with Gasteiger partial charge in [0.15, 0.2) is 17.6 Å². The van der Waals surface area contributed by atoms with Gasteiger partial charge in [0.25, 0.3) is 0 Å². The molecule has 0 radical (unpaired) electrons. The highest BCUT2D eigenvalue weighted by Crippen LogP contribution is 2.41. The van der Waals surface area contributed by atoms with Crippen LogP contribution in [0.2, 0.25) is 0 Å². The van der Waals surface area contributed by atoms with E-state index < -0.39 is 12.1 Å². The standard InChI is InChI=1S/C12H15BrO5/c1-4-18-12(16)11(15)8-6(2)5-7(17-3)10(14)9(8)13/h5,11,14-15H,4H2,1-3H3. The third-order valence-electron chi connectivity index (χ3n) is 2.45. The first-order valence-electron chi connectivity index (χ1n) is 5.34. The Morgan fingerprint density at radius 3 is 2.67 bits per heavy atom. The number of methoxy groups -OCH3 is 1. The smallest absolute Gasteiger partial charge is 0.339 e. The van der Waals surface area contributed by atoms with Gasteiger partial charge < -0.3 is 19.7 Å². The van der Waals surface area contributed by atoms with Crippen LogP contribution in [0.15, 0.2) is 10.5 Å². The molecular formula is C12H15BrO5. The number of hydrogen-bond donors (Lipinski definition) is 2. The number of aromatic hydroxyl groups is 1. The third-order valence-corrected chi connectivity index (χ3v) is 3.26. The van der Waals surface area contributed by atoms with Crippen molar-refractivity contribution in [1.82, 2.24) is 0 Å². The number of benzene rings is 1. The largest absolute Gasteiger partial charge is 0.503 e. The molecule has 6 heteroatoms. The number of esters is 1. The van der Waals surface area contributed by atoms with Crippen LogP contribution in [-0.4, -0.2) is 29.9 Å². The lowest BCUT2D eigenvalue weighted by Gasteiger charge is -2.17. The number of halogens is 1. The third kappa shape index (κ3) is 2.76. The Hall–Kier alpha value is -1.27. The fraction of sp³-hybridized carbons (Fsp3) is 0.417. The first-order valence-corrected chi connectivity index (χ1v) is 6.13. The SMILES string of the molecule is CCOC(=O)C(O)c1c(C)cc(OC)c(O)c1Br. The molecule has 0 saturated heterocycles. The molecule has 0 amide bonds. The van der Waals surface area contributed by atoms with Crippen LogP contribution in [0.1, 0.15) is 24.2 Å². The Morgan fingerprint density at radius 2 is 2.17 bits per heavy atom. The number of carbonyl (C=O) groups excluding carboxylic acids is 1. The number of carbonyl (C=O) groups is 1. The average Bonchev–Trinajstić information content (AvgIpc) is 2.34. The number of rotatable bonds is 4. The number of ether oxygens (including phenoxy) is 2. The molecule has 1 aromatic rings. The highest BCUT2D eigenvalue weighted by Gasteiger charge is 2.26. The molecule has 0 aromatic heterocycles. The maximum atomic E-state index is 11.5. The molecule has 1 unspecified atom stereocenters. The predicted molar refractivity (Wildman–Crippen MR) is 68.7 cm³/mol. The average molecular weight is 319 g/mol. The molecule has 18 heavy (non-hydrogen) atoms. The van der Waals surface area contributed by atoms with Crippen molar-refractivity contribution in [2.24, 2.45) is 0 Å². The Labute approximate surface area is 113 Å². The summed E-state index contributed by atoms with van der Waals surface area (Å²) in [7, 11) is 1.42. The second-order valence-electron chi connectivity index (χ2n) is 3.63. The highest BCUT2D eigenvalue weighted by molar-refractivity contribution is 9.10. The van der Waals surface area contributed by atoms with Crippen LogP contribution in [0.5, 0.6) is 11.5 Å². The zero-order valence-corrected chi connectivity index (χ0v) is 11.9. The molecule has 0 heterocycles. The van der Waals surface area contributed by atoms with E-state index >= 15 is 0 Å². The van der Waals surface area contributed by atoms with Crippen LogP contribution in [0.3, 0.4) is 0 Å². The minimum Gasteiger partial charge on any atom is -0.503 e. The molecule has 0 aliphatic carbocycles. The van der Waals surface area contributed by atoms with Gasteiger partial charge in [-0.1, -0.05) is 0 Å². The van der Waals surface area contributed by atoms with Gasteiger partial charge in [0.2, 0.25) is 0 Å². The van der Waals surface area contributed by atoms with E-state index in [1.807, 2.05) is 0 Å². The van der Waals surface area contributed by atoms with E-state index in [-0.39, 0.29) is 28.1 Å². The van der Waals surface area contributed by atoms with Gasteiger partial charge in [-0.2, -0.15) is 0 Å². The summed E-state index contributed by atoms with van der Waals surface area (Å²) in [6, 6.07) is 1.54. The van der Waals surface area contributed by atoms with Crippen molar-refractivity contribution in [3.63, 3.8) is 0 Å². The van der Waals surface area contributed by atoms with Crippen LogP contribution >= 0.6 is 15.9 Å². The van der Waals surface area contributed by atoms with Gasteiger partial charge in [-0.05, 0) is 41.4 Å². The van der Waals surface area contributed by atoms with E-state index in [9.17, 15) is 15.0 Å². The Balaban J connectivity index is 3.25. The molecule has 5 nitrogen and oxygen atoms in total. The molecule has 1 rings (SSSR count). The van der Waals surface area contributed by atoms with Crippen molar-refractivity contribution in [3.8, 4) is 11.5 Å². The van der Waals surface area contributed by atoms with Gasteiger partial charge in [-0.25, -0.2) is 4.79 Å². The molecule has 1 atom stereocenters. The first-order chi connectivity index (χ1) is 8.43. The summed E-state index contributed by atoms with van der Waals surface area (Å²) in [5, 5.41) is 19.7. The first kappa shape index (κ1) is 14.8. The van der Waals surface area contributed by atoms with E-state index in [1.165, 1.54) is 13.2 Å². The van der Waals surface area contributed by atoms with Gasteiger partial charge in [-0.3, -0.25) is 0 Å². The summed E-state index contributed by atoms with van der Waals surface area (Å²) in [6.45, 7) is 3.53. The van der Waals surface area contributed by atoms with Crippen molar-refractivity contribution in [2.75, 3.05) is 13.7 Å². The molecule has 0 aliphatic rings. The van der Waals surface area contributed by atoms with Gasteiger partial charge >= 0.3 is 5.97 Å². The number of phenols is 1. The summed E-state index contributed by atoms with van der Waals surface area (Å²) in [4.78, 5) is 11.5. The minimum absolute atomic E-state index is 0.165. The van der Waals surface area contributed by atoms with Gasteiger partial charge in [0.1, 0.15) is 0 Å². The number of hydrogen-bond acceptors (Lipinski definition) is 5. The molecular weight excluding hydrogens is 304 g/mol. The van der Waals surface area contributed by atoms with Crippen molar-refractivity contribution in [1.29, 1.82) is 0 Å². The lowest BCUT2D eigenvalue weighted by Crippen LogP contribution is -2.17. The summed E-state index contributed by atoms with van der Waals surface area (Å²) in [5.41, 5.74) is 0.879. The maximum absolute atomic E-state index is 11.5. The fourth-order valence-corrected chi connectivity index (χ4v) is 2.31. The topological polar surface area (TPSA) is 76.0 Å². The van der Waals surface area contributed by atoms with E-state index in [0.29, 0.717) is 5.56 Å². The van der Waals surface area contributed by atoms with Crippen LogP contribution in [0.4, 0.5) is 0 Å². The van der Waals surface area contributed by atoms with Crippen LogP contribution in [-0.2, 0) is 9.53 Å². The number of aryl methyl sites for hydroxylation is 1. The summed E-state index contributed by atoms with van der Waals surface area (Å²) in [6.07, 6.45) is -1.45. The zero-order chi connectivity index (χ0) is 13.9. The van der Waals surface area contributed by atoms with Crippen LogP contribution in [0.25, 0.3) is 0 Å². The van der Waals surface area contributed by atoms with E-state index in [2.05, 4.69) is 15.9 Å². The van der Waals surface area contributed by atoms with Crippen molar-refractivity contribution in [3.05, 3.63) is 21.7 Å². The predicted octanol–water partition coefficient (Wildman–Crippen LogP) is 2.07. The van der Waals surface area contributed by atoms with Crippen LogP contribution in [0, 0.1) is 6.92 Å². The second-order valence-corrected chi connectivity index (χ2v) is 4.42. The molecule has 0 saturated carbocycles. The number of aliphatic hydroxyl groups excluding tert-OH is 1. The molecule has 0 bridgehead atoms. The normalized spacial score (nSPS) is 12.1. The molecule has 2 N–H and O–H groups in total. The van der Waals surface area contributed by atoms with Crippen molar-refractivity contribution in [2.45, 2.75) is 20.0 Å². The quantitative estimate of drug-likeness (QED) is 0.831. The molecule has 100 valence electrons. The van der Waals surface area contributed by atoms with E-state index in [4.69, 9.17) is 9.47 Å². The van der Waals surface area contributed by atoms with Crippen molar-refractivity contribution < 1.29 is 24.5 Å². The lowest BCUT2D eigenvalue weighted by molar-refractivity contribution is -0.153. The Morgan fingerprint density at radius 1 is 1.56 bits per heavy atom. The second kappa shape index (κ2) is 6.06. The maximum Gasteiger partial charge on any atom is 0.339 e. The zero-order valence-electron chi connectivity index (χ0n) is 10.4. The van der Waals surface area contributed by atoms with E-state index in [0.717, 1.165) is 0 Å². The highest BCUT2D eigenvalue weighted by atomic mass is 79.9. The Bertz CT molecular complexity index is 458. The summed E-state index contributed by atoms with van der Waals surface area (Å²) >= 11 is 3.14. The summed E-state index contributed by atoms with van der Waals surface area (Å²) < 4.78 is 9.94. The molecule has 0 aliphatic heterocycles. The number of phenolic OH excluding ortho intramolecular Hbond substituents is 1. The monoisotopic (exact) mass is 318 g/mol. The lowest BCUT2D eigenvalue weighted by atomic mass is 10.0. The van der Waals surface area contributed by atoms with Crippen molar-refractivity contribution >= 4 is 21.9 Å². The van der Waals surface area contributed by atoms with Gasteiger partial charge in [0.05, 0.1) is 18.2 Å². The fourth-order valence-electron chi connectivity index (χ4n) is 1.58. The van der Waals surface area contributed by atoms with Gasteiger partial charge in [-0.15, -0.1) is 0 Å². The molecule has 0 fully saturated rings. The Kier molecular flexibility index (Phi) is 4.98. The number of aliphatic hydroxyl groups is 1. The van der Waals surface area contributed by atoms with Crippen LogP contribution < -0.4 is 4.74 Å².